The van der Waals surface area contributed by atoms with Crippen LogP contribution in [0.1, 0.15) is 28.8 Å². The number of thioether (sulfide) groups is 1. The summed E-state index contributed by atoms with van der Waals surface area (Å²) in [7, 11) is 0. The Bertz CT molecular complexity index is 828. The van der Waals surface area contributed by atoms with Gasteiger partial charge in [-0.25, -0.2) is 0 Å². The molecule has 0 radical (unpaired) electrons. The van der Waals surface area contributed by atoms with E-state index in [1.807, 2.05) is 18.2 Å². The number of carbonyl (C=O) groups is 3. The second-order valence-electron chi connectivity index (χ2n) is 6.02. The summed E-state index contributed by atoms with van der Waals surface area (Å²) in [6.07, 6.45) is 1.02. The van der Waals surface area contributed by atoms with Crippen LogP contribution in [-0.2, 0) is 16.0 Å². The third kappa shape index (κ3) is 5.23. The average Bonchev–Trinajstić information content (AvgIpc) is 2.67. The van der Waals surface area contributed by atoms with Crippen LogP contribution in [0.15, 0.2) is 54.6 Å². The third-order valence-corrected chi connectivity index (χ3v) is 5.26. The van der Waals surface area contributed by atoms with E-state index in [1.165, 1.54) is 4.90 Å². The van der Waals surface area contributed by atoms with Crippen LogP contribution in [0.25, 0.3) is 0 Å². The molecular weight excluding hydrogens is 373 g/mol. The molecule has 0 saturated heterocycles. The molecule has 2 aromatic rings. The predicted octanol–water partition coefficient (Wildman–Crippen LogP) is -0.948. The van der Waals surface area contributed by atoms with E-state index in [2.05, 4.69) is 0 Å². The van der Waals surface area contributed by atoms with Crippen LogP contribution in [0.5, 0.6) is 0 Å². The maximum atomic E-state index is 12.7. The van der Waals surface area contributed by atoms with E-state index in [9.17, 15) is 19.5 Å². The zero-order valence-electron chi connectivity index (χ0n) is 15.1. The number of rotatable bonds is 5. The van der Waals surface area contributed by atoms with Crippen molar-refractivity contribution in [3.05, 3.63) is 65.7 Å². The first kappa shape index (κ1) is 21.7. The molecule has 0 aromatic heterocycles. The number of hydrogen-bond donors (Lipinski definition) is 0. The summed E-state index contributed by atoms with van der Waals surface area (Å²) in [5.74, 6) is -1.26. The first-order valence-corrected chi connectivity index (χ1v) is 9.39. The minimum Gasteiger partial charge on any atom is -0.548 e. The molecule has 134 valence electrons. The zero-order chi connectivity index (χ0) is 18.5. The number of aliphatic carboxylic acids is 1. The summed E-state index contributed by atoms with van der Waals surface area (Å²) in [6, 6.07) is 15.2. The van der Waals surface area contributed by atoms with Crippen molar-refractivity contribution in [1.82, 2.24) is 0 Å². The molecule has 3 rings (SSSR count). The molecular formula is C20H18NNaO4S. The predicted molar refractivity (Wildman–Crippen MR) is 98.9 cm³/mol. The number of carboxylic acids is 1. The zero-order valence-corrected chi connectivity index (χ0v) is 17.9. The van der Waals surface area contributed by atoms with Gasteiger partial charge in [-0.3, -0.25) is 9.59 Å². The maximum Gasteiger partial charge on any atom is 1.00 e. The van der Waals surface area contributed by atoms with Gasteiger partial charge < -0.3 is 14.8 Å². The minimum atomic E-state index is -1.25. The Morgan fingerprint density at radius 2 is 1.70 bits per heavy atom. The Balaban J connectivity index is 0.00000261. The number of carboxylic acid groups (broad SMARTS) is 1. The molecule has 1 amide bonds. The Morgan fingerprint density at radius 1 is 1.04 bits per heavy atom. The van der Waals surface area contributed by atoms with Gasteiger partial charge in [0.05, 0.1) is 12.0 Å². The van der Waals surface area contributed by atoms with Crippen LogP contribution in [0.4, 0.5) is 5.69 Å². The topological polar surface area (TPSA) is 77.5 Å². The Kier molecular flexibility index (Phi) is 8.10. The van der Waals surface area contributed by atoms with Crippen LogP contribution in [0, 0.1) is 0 Å². The first-order chi connectivity index (χ1) is 12.6. The molecule has 0 saturated carbocycles. The molecule has 1 aliphatic heterocycles. The quantitative estimate of drug-likeness (QED) is 0.615. The SMILES string of the molecule is O=C(SCCC(=O)N1c2ccccc2CC[C@@H]1C(=O)[O-])c1ccccc1.[Na+]. The smallest absolute Gasteiger partial charge is 0.548 e. The largest absolute Gasteiger partial charge is 1.00 e. The van der Waals surface area contributed by atoms with Gasteiger partial charge in [0.15, 0.2) is 0 Å². The molecule has 1 aliphatic rings. The molecule has 0 aliphatic carbocycles. The van der Waals surface area contributed by atoms with Gasteiger partial charge in [0.2, 0.25) is 11.0 Å². The molecule has 7 heteroatoms. The van der Waals surface area contributed by atoms with Crippen molar-refractivity contribution in [2.75, 3.05) is 10.7 Å². The van der Waals surface area contributed by atoms with Crippen molar-refractivity contribution >= 4 is 34.4 Å². The van der Waals surface area contributed by atoms with Crippen molar-refractivity contribution in [3.8, 4) is 0 Å². The van der Waals surface area contributed by atoms with Crippen LogP contribution >= 0.6 is 11.8 Å². The number of amides is 1. The molecule has 5 nitrogen and oxygen atoms in total. The fraction of sp³-hybridized carbons (Fsp3) is 0.250. The molecule has 27 heavy (non-hydrogen) atoms. The second-order valence-corrected chi connectivity index (χ2v) is 7.09. The molecule has 0 spiro atoms. The van der Waals surface area contributed by atoms with Gasteiger partial charge in [-0.1, -0.05) is 60.3 Å². The van der Waals surface area contributed by atoms with Gasteiger partial charge in [0, 0.05) is 23.4 Å². The number of anilines is 1. The summed E-state index contributed by atoms with van der Waals surface area (Å²) in [5.41, 5.74) is 2.16. The molecule has 2 aromatic carbocycles. The van der Waals surface area contributed by atoms with E-state index < -0.39 is 12.0 Å². The summed E-state index contributed by atoms with van der Waals surface area (Å²) in [6.45, 7) is 0. The molecule has 0 unspecified atom stereocenters. The number of para-hydroxylation sites is 1. The van der Waals surface area contributed by atoms with Crippen LogP contribution < -0.4 is 39.6 Å². The van der Waals surface area contributed by atoms with Crippen LogP contribution in [-0.4, -0.2) is 28.8 Å². The molecule has 1 atom stereocenters. The van der Waals surface area contributed by atoms with Crippen molar-refractivity contribution in [2.45, 2.75) is 25.3 Å². The van der Waals surface area contributed by atoms with E-state index in [-0.39, 0.29) is 47.0 Å². The molecule has 0 bridgehead atoms. The fourth-order valence-corrected chi connectivity index (χ4v) is 3.85. The summed E-state index contributed by atoms with van der Waals surface area (Å²) < 4.78 is 0. The summed E-state index contributed by atoms with van der Waals surface area (Å²) in [5, 5.41) is 11.4. The van der Waals surface area contributed by atoms with Crippen molar-refractivity contribution in [1.29, 1.82) is 0 Å². The summed E-state index contributed by atoms with van der Waals surface area (Å²) in [4.78, 5) is 37.6. The van der Waals surface area contributed by atoms with Gasteiger partial charge in [0.25, 0.3) is 0 Å². The third-order valence-electron chi connectivity index (χ3n) is 4.35. The van der Waals surface area contributed by atoms with Crippen LogP contribution in [0.3, 0.4) is 0 Å². The standard InChI is InChI=1S/C20H19NO4S.Na/c22-18(12-13-26-20(25)15-7-2-1-3-8-15)21-16-9-5-4-6-14(16)10-11-17(21)19(23)24;/h1-9,17H,10-13H2,(H,23,24);/q;+1/p-1/t17-;/m1./s1. The number of benzene rings is 2. The van der Waals surface area contributed by atoms with Gasteiger partial charge in [-0.2, -0.15) is 0 Å². The molecule has 1 heterocycles. The van der Waals surface area contributed by atoms with Crippen molar-refractivity contribution < 1.29 is 49.0 Å². The van der Waals surface area contributed by atoms with Gasteiger partial charge in [0.1, 0.15) is 0 Å². The number of fused-ring (bicyclic) bond motifs is 1. The Labute approximate surface area is 184 Å². The van der Waals surface area contributed by atoms with Crippen molar-refractivity contribution in [3.63, 3.8) is 0 Å². The van der Waals surface area contributed by atoms with Crippen LogP contribution in [0.2, 0.25) is 0 Å². The number of hydrogen-bond acceptors (Lipinski definition) is 5. The van der Waals surface area contributed by atoms with Crippen molar-refractivity contribution in [2.24, 2.45) is 0 Å². The number of aryl methyl sites for hydroxylation is 1. The Morgan fingerprint density at radius 3 is 2.41 bits per heavy atom. The van der Waals surface area contributed by atoms with E-state index in [0.29, 0.717) is 29.8 Å². The van der Waals surface area contributed by atoms with Gasteiger partial charge in [-0.05, 0) is 24.5 Å². The number of carbonyl (C=O) groups excluding carboxylic acids is 3. The minimum absolute atomic E-state index is 0. The van der Waals surface area contributed by atoms with E-state index in [1.54, 1.807) is 36.4 Å². The normalized spacial score (nSPS) is 15.4. The number of nitrogens with zero attached hydrogens (tertiary/aromatic N) is 1. The van der Waals surface area contributed by atoms with Gasteiger partial charge in [-0.15, -0.1) is 0 Å². The fourth-order valence-electron chi connectivity index (χ4n) is 3.09. The maximum absolute atomic E-state index is 12.7. The van der Waals surface area contributed by atoms with E-state index in [0.717, 1.165) is 17.3 Å². The summed E-state index contributed by atoms with van der Waals surface area (Å²) >= 11 is 1.06. The first-order valence-electron chi connectivity index (χ1n) is 8.41. The Hall–Kier alpha value is -1.60. The molecule has 0 fully saturated rings. The monoisotopic (exact) mass is 391 g/mol. The van der Waals surface area contributed by atoms with E-state index in [4.69, 9.17) is 0 Å². The van der Waals surface area contributed by atoms with E-state index >= 15 is 0 Å². The molecule has 0 N–H and O–H groups in total. The van der Waals surface area contributed by atoms with Gasteiger partial charge >= 0.3 is 29.6 Å². The second kappa shape index (κ2) is 10.1. The average molecular weight is 391 g/mol.